The van der Waals surface area contributed by atoms with Crippen LogP contribution in [-0.2, 0) is 0 Å². The lowest BCUT2D eigenvalue weighted by Gasteiger charge is -2.25. The van der Waals surface area contributed by atoms with Crippen LogP contribution in [0.15, 0.2) is 15.2 Å². The van der Waals surface area contributed by atoms with Crippen LogP contribution in [0, 0.1) is 11.8 Å². The molecule has 1 heterocycles. The molecule has 1 aliphatic carbocycles. The maximum atomic E-state index is 3.75. The minimum absolute atomic E-state index is 0.556. The van der Waals surface area contributed by atoms with Gasteiger partial charge in [-0.05, 0) is 64.5 Å². The molecule has 3 heteroatoms. The monoisotopic (exact) mass is 315 g/mol. The minimum atomic E-state index is 0.556. The molecule has 0 amide bonds. The molecule has 3 atom stereocenters. The highest BCUT2D eigenvalue weighted by atomic mass is 79.9. The van der Waals surface area contributed by atoms with Gasteiger partial charge in [0.25, 0.3) is 0 Å². The van der Waals surface area contributed by atoms with Crippen LogP contribution in [0.5, 0.6) is 0 Å². The first-order valence-corrected chi connectivity index (χ1v) is 8.41. The van der Waals surface area contributed by atoms with E-state index < -0.39 is 0 Å². The van der Waals surface area contributed by atoms with E-state index in [1.165, 1.54) is 35.7 Å². The van der Waals surface area contributed by atoms with Crippen molar-refractivity contribution in [3.8, 4) is 0 Å². The average Bonchev–Trinajstić information content (AvgIpc) is 2.90. The Balaban J connectivity index is 2.10. The van der Waals surface area contributed by atoms with E-state index in [1.807, 2.05) is 0 Å². The van der Waals surface area contributed by atoms with Crippen LogP contribution in [-0.4, -0.2) is 6.54 Å². The third kappa shape index (κ3) is 3.33. The van der Waals surface area contributed by atoms with Crippen LogP contribution < -0.4 is 5.32 Å². The molecule has 96 valence electrons. The Labute approximate surface area is 117 Å². The number of hydrogen-bond donors (Lipinski definition) is 1. The summed E-state index contributed by atoms with van der Waals surface area (Å²) >= 11 is 5.49. The lowest BCUT2D eigenvalue weighted by atomic mass is 9.92. The Morgan fingerprint density at radius 2 is 2.29 bits per heavy atom. The van der Waals surface area contributed by atoms with Gasteiger partial charge < -0.3 is 5.32 Å². The van der Waals surface area contributed by atoms with E-state index in [9.17, 15) is 0 Å². The summed E-state index contributed by atoms with van der Waals surface area (Å²) in [6.45, 7) is 5.75. The average molecular weight is 316 g/mol. The molecule has 17 heavy (non-hydrogen) atoms. The summed E-state index contributed by atoms with van der Waals surface area (Å²) in [5, 5.41) is 8.26. The van der Waals surface area contributed by atoms with Crippen LogP contribution in [0.1, 0.15) is 51.1 Å². The number of nitrogens with one attached hydrogen (secondary N) is 1. The smallest absolute Gasteiger partial charge is 0.0368 e. The van der Waals surface area contributed by atoms with Crippen molar-refractivity contribution in [3.63, 3.8) is 0 Å². The van der Waals surface area contributed by atoms with Gasteiger partial charge in [-0.1, -0.05) is 20.3 Å². The van der Waals surface area contributed by atoms with Crippen molar-refractivity contribution in [2.75, 3.05) is 6.54 Å². The van der Waals surface area contributed by atoms with Crippen LogP contribution in [0.2, 0.25) is 0 Å². The highest BCUT2D eigenvalue weighted by Gasteiger charge is 2.30. The van der Waals surface area contributed by atoms with Crippen molar-refractivity contribution in [2.45, 2.75) is 45.6 Å². The van der Waals surface area contributed by atoms with E-state index in [4.69, 9.17) is 0 Å². The SMILES string of the molecule is CCCNC(c1cscc1Br)C1CCC(C)C1. The normalized spacial score (nSPS) is 26.3. The summed E-state index contributed by atoms with van der Waals surface area (Å²) < 4.78 is 1.29. The summed E-state index contributed by atoms with van der Waals surface area (Å²) in [4.78, 5) is 0. The van der Waals surface area contributed by atoms with Crippen LogP contribution in [0.25, 0.3) is 0 Å². The molecule has 0 radical (unpaired) electrons. The van der Waals surface area contributed by atoms with Crippen molar-refractivity contribution in [1.82, 2.24) is 5.32 Å². The minimum Gasteiger partial charge on any atom is -0.310 e. The summed E-state index contributed by atoms with van der Waals surface area (Å²) in [6.07, 6.45) is 5.37. The highest BCUT2D eigenvalue weighted by Crippen LogP contribution is 2.41. The summed E-state index contributed by atoms with van der Waals surface area (Å²) in [6, 6.07) is 0.556. The number of hydrogen-bond acceptors (Lipinski definition) is 2. The Kier molecular flexibility index (Phi) is 5.07. The molecular formula is C14H22BrNS. The van der Waals surface area contributed by atoms with Gasteiger partial charge in [0.15, 0.2) is 0 Å². The molecule has 0 saturated heterocycles. The number of halogens is 1. The molecule has 1 nitrogen and oxygen atoms in total. The van der Waals surface area contributed by atoms with E-state index >= 15 is 0 Å². The lowest BCUT2D eigenvalue weighted by Crippen LogP contribution is -2.28. The highest BCUT2D eigenvalue weighted by molar-refractivity contribution is 9.10. The third-order valence-corrected chi connectivity index (χ3v) is 5.55. The molecule has 0 spiro atoms. The van der Waals surface area contributed by atoms with Gasteiger partial charge in [0.1, 0.15) is 0 Å². The van der Waals surface area contributed by atoms with Crippen molar-refractivity contribution in [3.05, 3.63) is 20.8 Å². The van der Waals surface area contributed by atoms with E-state index in [0.717, 1.165) is 18.4 Å². The first-order chi connectivity index (χ1) is 8.22. The van der Waals surface area contributed by atoms with Crippen LogP contribution in [0.3, 0.4) is 0 Å². The summed E-state index contributed by atoms with van der Waals surface area (Å²) in [5.41, 5.74) is 1.47. The summed E-state index contributed by atoms with van der Waals surface area (Å²) in [7, 11) is 0. The topological polar surface area (TPSA) is 12.0 Å². The van der Waals surface area contributed by atoms with Gasteiger partial charge in [-0.15, -0.1) is 0 Å². The van der Waals surface area contributed by atoms with Gasteiger partial charge in [-0.3, -0.25) is 0 Å². The molecule has 0 aliphatic heterocycles. The van der Waals surface area contributed by atoms with Crippen molar-refractivity contribution in [1.29, 1.82) is 0 Å². The summed E-state index contributed by atoms with van der Waals surface area (Å²) in [5.74, 6) is 1.73. The fraction of sp³-hybridized carbons (Fsp3) is 0.714. The molecule has 0 aromatic carbocycles. The van der Waals surface area contributed by atoms with Gasteiger partial charge in [-0.25, -0.2) is 0 Å². The third-order valence-electron chi connectivity index (χ3n) is 3.80. The quantitative estimate of drug-likeness (QED) is 0.807. The largest absolute Gasteiger partial charge is 0.310 e. The van der Waals surface area contributed by atoms with Gasteiger partial charge in [-0.2, -0.15) is 11.3 Å². The van der Waals surface area contributed by atoms with Crippen LogP contribution >= 0.6 is 27.3 Å². The van der Waals surface area contributed by atoms with Gasteiger partial charge in [0, 0.05) is 15.9 Å². The van der Waals surface area contributed by atoms with Crippen molar-refractivity contribution >= 4 is 27.3 Å². The molecule has 1 N–H and O–H groups in total. The lowest BCUT2D eigenvalue weighted by molar-refractivity contribution is 0.359. The van der Waals surface area contributed by atoms with Gasteiger partial charge in [0.2, 0.25) is 0 Å². The second kappa shape index (κ2) is 6.35. The zero-order valence-electron chi connectivity index (χ0n) is 10.7. The van der Waals surface area contributed by atoms with E-state index in [2.05, 4.69) is 45.9 Å². The molecule has 3 unspecified atom stereocenters. The Morgan fingerprint density at radius 1 is 1.47 bits per heavy atom. The molecule has 1 saturated carbocycles. The van der Waals surface area contributed by atoms with Crippen molar-refractivity contribution in [2.24, 2.45) is 11.8 Å². The fourth-order valence-electron chi connectivity index (χ4n) is 2.90. The molecule has 0 bridgehead atoms. The van der Waals surface area contributed by atoms with Gasteiger partial charge in [0.05, 0.1) is 0 Å². The second-order valence-electron chi connectivity index (χ2n) is 5.29. The molecule has 1 aliphatic rings. The maximum Gasteiger partial charge on any atom is 0.0368 e. The standard InChI is InChI=1S/C14H22BrNS/c1-3-6-16-14(11-5-4-10(2)7-11)12-8-17-9-13(12)15/h8-11,14,16H,3-7H2,1-2H3. The zero-order chi connectivity index (χ0) is 12.3. The Hall–Kier alpha value is 0.140. The number of rotatable bonds is 5. The molecule has 1 aromatic heterocycles. The second-order valence-corrected chi connectivity index (χ2v) is 6.88. The first kappa shape index (κ1) is 13.6. The molecular weight excluding hydrogens is 294 g/mol. The Morgan fingerprint density at radius 3 is 2.82 bits per heavy atom. The van der Waals surface area contributed by atoms with Crippen LogP contribution in [0.4, 0.5) is 0 Å². The number of thiophene rings is 1. The van der Waals surface area contributed by atoms with Gasteiger partial charge >= 0.3 is 0 Å². The van der Waals surface area contributed by atoms with E-state index in [0.29, 0.717) is 6.04 Å². The van der Waals surface area contributed by atoms with Crippen molar-refractivity contribution < 1.29 is 0 Å². The first-order valence-electron chi connectivity index (χ1n) is 6.67. The fourth-order valence-corrected chi connectivity index (χ4v) is 4.48. The van der Waals surface area contributed by atoms with E-state index in [1.54, 1.807) is 11.3 Å². The molecule has 1 aromatic rings. The zero-order valence-corrected chi connectivity index (χ0v) is 13.1. The molecule has 2 rings (SSSR count). The predicted molar refractivity (Wildman–Crippen MR) is 79.6 cm³/mol. The van der Waals surface area contributed by atoms with E-state index in [-0.39, 0.29) is 0 Å². The molecule has 1 fully saturated rings. The maximum absolute atomic E-state index is 3.75. The predicted octanol–water partition coefficient (Wildman–Crippen LogP) is 4.99. The Bertz CT molecular complexity index is 350.